The van der Waals surface area contributed by atoms with Crippen LogP contribution in [0, 0.1) is 5.92 Å². The molecule has 0 aromatic heterocycles. The molecular formula is C12H24ClN3O3S. The average Bonchev–Trinajstić information content (AvgIpc) is 2.87. The highest BCUT2D eigenvalue weighted by atomic mass is 35.5. The van der Waals surface area contributed by atoms with Crippen LogP contribution in [-0.2, 0) is 14.8 Å². The van der Waals surface area contributed by atoms with Crippen LogP contribution in [0.15, 0.2) is 0 Å². The van der Waals surface area contributed by atoms with Gasteiger partial charge >= 0.3 is 0 Å². The van der Waals surface area contributed by atoms with E-state index in [1.165, 1.54) is 0 Å². The van der Waals surface area contributed by atoms with Crippen LogP contribution in [-0.4, -0.2) is 50.7 Å². The molecular weight excluding hydrogens is 302 g/mol. The summed E-state index contributed by atoms with van der Waals surface area (Å²) in [6.07, 6.45) is 5.50. The molecule has 8 heteroatoms. The number of hydrogen-bond acceptors (Lipinski definition) is 4. The molecule has 0 bridgehead atoms. The van der Waals surface area contributed by atoms with E-state index in [9.17, 15) is 13.2 Å². The molecule has 1 unspecified atom stereocenters. The van der Waals surface area contributed by atoms with E-state index in [0.29, 0.717) is 31.8 Å². The maximum atomic E-state index is 12.2. The van der Waals surface area contributed by atoms with Crippen molar-refractivity contribution in [2.24, 2.45) is 11.7 Å². The first-order valence-electron chi connectivity index (χ1n) is 6.86. The molecule has 2 rings (SSSR count). The van der Waals surface area contributed by atoms with E-state index in [0.717, 1.165) is 25.5 Å². The minimum atomic E-state index is -3.20. The summed E-state index contributed by atoms with van der Waals surface area (Å²) >= 11 is 0. The fraction of sp³-hybridized carbons (Fsp3) is 0.917. The van der Waals surface area contributed by atoms with Crippen LogP contribution in [0.25, 0.3) is 0 Å². The Bertz CT molecular complexity index is 443. The molecule has 0 spiro atoms. The molecule has 1 aliphatic heterocycles. The van der Waals surface area contributed by atoms with Crippen LogP contribution in [0.5, 0.6) is 0 Å². The molecule has 0 aromatic rings. The first-order chi connectivity index (χ1) is 8.85. The minimum absolute atomic E-state index is 0. The van der Waals surface area contributed by atoms with Crippen LogP contribution < -0.4 is 10.5 Å². The third-order valence-corrected chi connectivity index (χ3v) is 4.84. The van der Waals surface area contributed by atoms with Gasteiger partial charge in [0.05, 0.1) is 6.26 Å². The van der Waals surface area contributed by atoms with E-state index in [4.69, 9.17) is 5.73 Å². The number of nitrogens with one attached hydrogen (secondary N) is 1. The van der Waals surface area contributed by atoms with Crippen molar-refractivity contribution >= 4 is 28.3 Å². The second-order valence-corrected chi connectivity index (χ2v) is 7.55. The number of halogens is 1. The lowest BCUT2D eigenvalue weighted by molar-refractivity contribution is -0.131. The second-order valence-electron chi connectivity index (χ2n) is 5.77. The number of amides is 1. The number of sulfonamides is 1. The fourth-order valence-corrected chi connectivity index (χ4v) is 3.86. The lowest BCUT2D eigenvalue weighted by atomic mass is 9.99. The van der Waals surface area contributed by atoms with Crippen molar-refractivity contribution in [3.05, 3.63) is 0 Å². The van der Waals surface area contributed by atoms with Crippen molar-refractivity contribution in [3.63, 3.8) is 0 Å². The first-order valence-corrected chi connectivity index (χ1v) is 8.75. The Balaban J connectivity index is 0.00000200. The Morgan fingerprint density at radius 2 is 2.05 bits per heavy atom. The third-order valence-electron chi connectivity index (χ3n) is 4.08. The van der Waals surface area contributed by atoms with Gasteiger partial charge in [0, 0.05) is 31.6 Å². The van der Waals surface area contributed by atoms with Crippen LogP contribution in [0.3, 0.4) is 0 Å². The van der Waals surface area contributed by atoms with E-state index in [1.807, 2.05) is 0 Å². The number of carbonyl (C=O) groups is 1. The summed E-state index contributed by atoms with van der Waals surface area (Å²) in [7, 11) is -3.20. The first kappa shape index (κ1) is 17.7. The maximum Gasteiger partial charge on any atom is 0.222 e. The van der Waals surface area contributed by atoms with Crippen LogP contribution in [0.1, 0.15) is 32.1 Å². The number of carbonyl (C=O) groups excluding carboxylic acids is 1. The predicted octanol–water partition coefficient (Wildman–Crippen LogP) is 0.0758. The second kappa shape index (κ2) is 7.06. The molecule has 0 radical (unpaired) electrons. The zero-order chi connectivity index (χ0) is 14.0. The van der Waals surface area contributed by atoms with Gasteiger partial charge in [-0.15, -0.1) is 12.4 Å². The molecule has 3 atom stereocenters. The highest BCUT2D eigenvalue weighted by Crippen LogP contribution is 2.28. The van der Waals surface area contributed by atoms with E-state index >= 15 is 0 Å². The van der Waals surface area contributed by atoms with Gasteiger partial charge in [0.1, 0.15) is 0 Å². The van der Waals surface area contributed by atoms with Crippen LogP contribution in [0.2, 0.25) is 0 Å². The summed E-state index contributed by atoms with van der Waals surface area (Å²) in [6, 6.07) is 0.00713. The SMILES string of the molecule is CS(=O)(=O)NC1CCN(C(=O)C[C@@H]2CCC[C@H]2N)C1.Cl. The van der Waals surface area contributed by atoms with Gasteiger partial charge in [-0.2, -0.15) is 0 Å². The van der Waals surface area contributed by atoms with Crippen molar-refractivity contribution in [2.45, 2.75) is 44.2 Å². The van der Waals surface area contributed by atoms with Gasteiger partial charge in [-0.25, -0.2) is 13.1 Å². The van der Waals surface area contributed by atoms with Gasteiger partial charge in [-0.3, -0.25) is 4.79 Å². The van der Waals surface area contributed by atoms with Crippen molar-refractivity contribution in [1.29, 1.82) is 0 Å². The molecule has 20 heavy (non-hydrogen) atoms. The smallest absolute Gasteiger partial charge is 0.222 e. The topological polar surface area (TPSA) is 92.5 Å². The number of nitrogens with two attached hydrogens (primary N) is 1. The van der Waals surface area contributed by atoms with E-state index in [1.54, 1.807) is 4.90 Å². The van der Waals surface area contributed by atoms with Gasteiger partial charge in [0.2, 0.25) is 15.9 Å². The average molecular weight is 326 g/mol. The van der Waals surface area contributed by atoms with Gasteiger partial charge in [0.15, 0.2) is 0 Å². The number of rotatable bonds is 4. The fourth-order valence-electron chi connectivity index (χ4n) is 3.06. The van der Waals surface area contributed by atoms with Crippen LogP contribution >= 0.6 is 12.4 Å². The molecule has 1 saturated carbocycles. The summed E-state index contributed by atoms with van der Waals surface area (Å²) in [4.78, 5) is 13.9. The number of likely N-dealkylation sites (tertiary alicyclic amines) is 1. The Morgan fingerprint density at radius 3 is 2.60 bits per heavy atom. The molecule has 1 aliphatic carbocycles. The van der Waals surface area contributed by atoms with E-state index in [2.05, 4.69) is 4.72 Å². The van der Waals surface area contributed by atoms with E-state index < -0.39 is 10.0 Å². The third kappa shape index (κ3) is 4.87. The van der Waals surface area contributed by atoms with Gasteiger partial charge in [-0.1, -0.05) is 6.42 Å². The number of nitrogens with zero attached hydrogens (tertiary/aromatic N) is 1. The molecule has 1 heterocycles. The molecule has 2 fully saturated rings. The Morgan fingerprint density at radius 1 is 1.35 bits per heavy atom. The zero-order valence-corrected chi connectivity index (χ0v) is 13.4. The molecule has 118 valence electrons. The molecule has 0 aromatic carbocycles. The largest absolute Gasteiger partial charge is 0.341 e. The quantitative estimate of drug-likeness (QED) is 0.765. The van der Waals surface area contributed by atoms with Crippen molar-refractivity contribution in [2.75, 3.05) is 19.3 Å². The number of hydrogen-bond donors (Lipinski definition) is 2. The lowest BCUT2D eigenvalue weighted by Gasteiger charge is -2.21. The molecule has 6 nitrogen and oxygen atoms in total. The predicted molar refractivity (Wildman–Crippen MR) is 80.1 cm³/mol. The normalized spacial score (nSPS) is 30.3. The Kier molecular flexibility index (Phi) is 6.25. The van der Waals surface area contributed by atoms with Gasteiger partial charge in [0.25, 0.3) is 0 Å². The summed E-state index contributed by atoms with van der Waals surface area (Å²) in [5.41, 5.74) is 5.97. The molecule has 1 amide bonds. The highest BCUT2D eigenvalue weighted by Gasteiger charge is 2.32. The molecule has 2 aliphatic rings. The minimum Gasteiger partial charge on any atom is -0.341 e. The monoisotopic (exact) mass is 325 g/mol. The molecule has 1 saturated heterocycles. The van der Waals surface area contributed by atoms with Crippen molar-refractivity contribution < 1.29 is 13.2 Å². The highest BCUT2D eigenvalue weighted by molar-refractivity contribution is 7.88. The summed E-state index contributed by atoms with van der Waals surface area (Å²) in [5.74, 6) is 0.412. The summed E-state index contributed by atoms with van der Waals surface area (Å²) in [6.45, 7) is 1.11. The van der Waals surface area contributed by atoms with Crippen molar-refractivity contribution in [1.82, 2.24) is 9.62 Å². The van der Waals surface area contributed by atoms with Crippen LogP contribution in [0.4, 0.5) is 0 Å². The summed E-state index contributed by atoms with van der Waals surface area (Å²) in [5, 5.41) is 0. The zero-order valence-electron chi connectivity index (χ0n) is 11.7. The Hall–Kier alpha value is -0.370. The van der Waals surface area contributed by atoms with Gasteiger partial charge < -0.3 is 10.6 Å². The summed E-state index contributed by atoms with van der Waals surface area (Å²) < 4.78 is 24.9. The standard InChI is InChI=1S/C12H23N3O3S.ClH/c1-19(17,18)14-10-5-6-15(8-10)12(16)7-9-3-2-4-11(9)13;/h9-11,14H,2-8,13H2,1H3;1H/t9-,10?,11+;/m0./s1. The lowest BCUT2D eigenvalue weighted by Crippen LogP contribution is -2.39. The molecule has 3 N–H and O–H groups in total. The van der Waals surface area contributed by atoms with Crippen molar-refractivity contribution in [3.8, 4) is 0 Å². The van der Waals surface area contributed by atoms with Gasteiger partial charge in [-0.05, 0) is 25.2 Å². The van der Waals surface area contributed by atoms with E-state index in [-0.39, 0.29) is 30.4 Å². The Labute approximate surface area is 126 Å². The maximum absolute atomic E-state index is 12.2.